The summed E-state index contributed by atoms with van der Waals surface area (Å²) in [7, 11) is 1.70. The van der Waals surface area contributed by atoms with Crippen molar-refractivity contribution in [3.63, 3.8) is 0 Å². The lowest BCUT2D eigenvalue weighted by Crippen LogP contribution is -2.34. The SMILES string of the molecule is COc1ccccc1/C=C/CN1CCC(=O)N(CC2CC2)CC1. The van der Waals surface area contributed by atoms with Crippen LogP contribution in [0.4, 0.5) is 0 Å². The Bertz CT molecular complexity index is 566. The number of hydrogen-bond acceptors (Lipinski definition) is 3. The molecule has 23 heavy (non-hydrogen) atoms. The van der Waals surface area contributed by atoms with Crippen LogP contribution in [0.25, 0.3) is 6.08 Å². The summed E-state index contributed by atoms with van der Waals surface area (Å²) in [6.07, 6.45) is 7.52. The molecule has 1 amide bonds. The lowest BCUT2D eigenvalue weighted by molar-refractivity contribution is -0.130. The Balaban J connectivity index is 1.52. The van der Waals surface area contributed by atoms with Gasteiger partial charge in [0, 0.05) is 44.7 Å². The van der Waals surface area contributed by atoms with Crippen LogP contribution in [-0.2, 0) is 4.79 Å². The molecule has 1 aliphatic heterocycles. The third-order valence-electron chi connectivity index (χ3n) is 4.66. The summed E-state index contributed by atoms with van der Waals surface area (Å²) in [5.74, 6) is 1.99. The monoisotopic (exact) mass is 314 g/mol. The van der Waals surface area contributed by atoms with Crippen molar-refractivity contribution in [3.05, 3.63) is 35.9 Å². The molecule has 0 N–H and O–H groups in total. The first-order valence-electron chi connectivity index (χ1n) is 8.56. The predicted octanol–water partition coefficient (Wildman–Crippen LogP) is 2.65. The fourth-order valence-corrected chi connectivity index (χ4v) is 3.03. The lowest BCUT2D eigenvalue weighted by Gasteiger charge is -2.21. The highest BCUT2D eigenvalue weighted by Gasteiger charge is 2.28. The Morgan fingerprint density at radius 2 is 2.04 bits per heavy atom. The average Bonchev–Trinajstić information content (AvgIpc) is 3.40. The van der Waals surface area contributed by atoms with Crippen molar-refractivity contribution in [1.82, 2.24) is 9.80 Å². The molecule has 4 heteroatoms. The number of nitrogens with zero attached hydrogens (tertiary/aromatic N) is 2. The van der Waals surface area contributed by atoms with E-state index in [0.717, 1.165) is 50.0 Å². The van der Waals surface area contributed by atoms with Crippen LogP contribution < -0.4 is 4.74 Å². The van der Waals surface area contributed by atoms with Gasteiger partial charge in [0.15, 0.2) is 0 Å². The molecule has 0 aromatic heterocycles. The highest BCUT2D eigenvalue weighted by Crippen LogP contribution is 2.30. The van der Waals surface area contributed by atoms with Gasteiger partial charge in [0.25, 0.3) is 0 Å². The summed E-state index contributed by atoms with van der Waals surface area (Å²) < 4.78 is 5.36. The molecule has 0 spiro atoms. The quantitative estimate of drug-likeness (QED) is 0.809. The molecular weight excluding hydrogens is 288 g/mol. The lowest BCUT2D eigenvalue weighted by atomic mass is 10.2. The summed E-state index contributed by atoms with van der Waals surface area (Å²) in [5.41, 5.74) is 1.09. The maximum absolute atomic E-state index is 12.2. The van der Waals surface area contributed by atoms with Crippen LogP contribution in [0.1, 0.15) is 24.8 Å². The molecular formula is C19H26N2O2. The minimum Gasteiger partial charge on any atom is -0.496 e. The molecule has 1 aromatic rings. The minimum absolute atomic E-state index is 0.327. The molecule has 2 aliphatic rings. The minimum atomic E-state index is 0.327. The van der Waals surface area contributed by atoms with Crippen molar-refractivity contribution in [2.24, 2.45) is 5.92 Å². The molecule has 124 valence electrons. The first-order chi connectivity index (χ1) is 11.3. The van der Waals surface area contributed by atoms with Crippen LogP contribution in [0, 0.1) is 5.92 Å². The van der Waals surface area contributed by atoms with E-state index in [1.807, 2.05) is 18.2 Å². The molecule has 0 unspecified atom stereocenters. The van der Waals surface area contributed by atoms with Gasteiger partial charge in [-0.3, -0.25) is 9.69 Å². The highest BCUT2D eigenvalue weighted by atomic mass is 16.5. The number of benzene rings is 1. The van der Waals surface area contributed by atoms with E-state index in [0.29, 0.717) is 12.3 Å². The maximum atomic E-state index is 12.2. The second-order valence-corrected chi connectivity index (χ2v) is 6.48. The van der Waals surface area contributed by atoms with Crippen molar-refractivity contribution in [3.8, 4) is 5.75 Å². The van der Waals surface area contributed by atoms with Gasteiger partial charge < -0.3 is 9.64 Å². The molecule has 4 nitrogen and oxygen atoms in total. The number of carbonyl (C=O) groups excluding carboxylic acids is 1. The fraction of sp³-hybridized carbons (Fsp3) is 0.526. The van der Waals surface area contributed by atoms with Crippen LogP contribution >= 0.6 is 0 Å². The van der Waals surface area contributed by atoms with Gasteiger partial charge in [0.05, 0.1) is 7.11 Å². The topological polar surface area (TPSA) is 32.8 Å². The summed E-state index contributed by atoms with van der Waals surface area (Å²) in [5, 5.41) is 0. The molecule has 1 saturated heterocycles. The number of ether oxygens (including phenoxy) is 1. The Labute approximate surface area is 138 Å². The molecule has 1 heterocycles. The van der Waals surface area contributed by atoms with Gasteiger partial charge in [-0.15, -0.1) is 0 Å². The zero-order valence-corrected chi connectivity index (χ0v) is 13.9. The van der Waals surface area contributed by atoms with Crippen LogP contribution in [0.3, 0.4) is 0 Å². The van der Waals surface area contributed by atoms with Crippen molar-refractivity contribution in [2.75, 3.05) is 39.8 Å². The smallest absolute Gasteiger partial charge is 0.223 e. The molecule has 1 aromatic carbocycles. The zero-order chi connectivity index (χ0) is 16.1. The number of para-hydroxylation sites is 1. The number of carbonyl (C=O) groups is 1. The van der Waals surface area contributed by atoms with Crippen molar-refractivity contribution < 1.29 is 9.53 Å². The van der Waals surface area contributed by atoms with Crippen molar-refractivity contribution in [2.45, 2.75) is 19.3 Å². The normalized spacial score (nSPS) is 20.0. The molecule has 2 fully saturated rings. The van der Waals surface area contributed by atoms with Gasteiger partial charge in [-0.25, -0.2) is 0 Å². The van der Waals surface area contributed by atoms with E-state index < -0.39 is 0 Å². The number of amides is 1. The van der Waals surface area contributed by atoms with Gasteiger partial charge in [-0.2, -0.15) is 0 Å². The van der Waals surface area contributed by atoms with Crippen LogP contribution in [-0.4, -0.2) is 55.5 Å². The Kier molecular flexibility index (Phi) is 5.34. The predicted molar refractivity (Wildman–Crippen MR) is 92.4 cm³/mol. The van der Waals surface area contributed by atoms with E-state index in [4.69, 9.17) is 4.74 Å². The Morgan fingerprint density at radius 1 is 1.22 bits per heavy atom. The van der Waals surface area contributed by atoms with Crippen LogP contribution in [0.2, 0.25) is 0 Å². The molecule has 0 radical (unpaired) electrons. The number of hydrogen-bond donors (Lipinski definition) is 0. The molecule has 0 bridgehead atoms. The summed E-state index contributed by atoms with van der Waals surface area (Å²) >= 11 is 0. The van der Waals surface area contributed by atoms with Crippen molar-refractivity contribution in [1.29, 1.82) is 0 Å². The first kappa shape index (κ1) is 16.1. The molecule has 1 saturated carbocycles. The van der Waals surface area contributed by atoms with Gasteiger partial charge in [-0.05, 0) is 24.8 Å². The molecule has 3 rings (SSSR count). The summed E-state index contributed by atoms with van der Waals surface area (Å²) in [6, 6.07) is 8.02. The van der Waals surface area contributed by atoms with Gasteiger partial charge in [0.2, 0.25) is 5.91 Å². The fourth-order valence-electron chi connectivity index (χ4n) is 3.03. The second-order valence-electron chi connectivity index (χ2n) is 6.48. The second kappa shape index (κ2) is 7.64. The van der Waals surface area contributed by atoms with Crippen molar-refractivity contribution >= 4 is 12.0 Å². The largest absolute Gasteiger partial charge is 0.496 e. The third kappa shape index (κ3) is 4.58. The Hall–Kier alpha value is -1.81. The van der Waals surface area contributed by atoms with E-state index in [1.54, 1.807) is 7.11 Å². The number of methoxy groups -OCH3 is 1. The van der Waals surface area contributed by atoms with E-state index in [1.165, 1.54) is 12.8 Å². The molecule has 0 atom stereocenters. The van der Waals surface area contributed by atoms with Crippen LogP contribution in [0.15, 0.2) is 30.3 Å². The zero-order valence-electron chi connectivity index (χ0n) is 13.9. The highest BCUT2D eigenvalue weighted by molar-refractivity contribution is 5.76. The summed E-state index contributed by atoms with van der Waals surface area (Å²) in [4.78, 5) is 16.6. The van der Waals surface area contributed by atoms with E-state index >= 15 is 0 Å². The van der Waals surface area contributed by atoms with E-state index in [-0.39, 0.29) is 0 Å². The first-order valence-corrected chi connectivity index (χ1v) is 8.56. The average molecular weight is 314 g/mol. The van der Waals surface area contributed by atoms with E-state index in [9.17, 15) is 4.79 Å². The van der Waals surface area contributed by atoms with Gasteiger partial charge in [-0.1, -0.05) is 30.4 Å². The van der Waals surface area contributed by atoms with Gasteiger partial charge >= 0.3 is 0 Å². The Morgan fingerprint density at radius 3 is 2.83 bits per heavy atom. The summed E-state index contributed by atoms with van der Waals surface area (Å²) in [6.45, 7) is 4.55. The van der Waals surface area contributed by atoms with Crippen LogP contribution in [0.5, 0.6) is 5.75 Å². The number of rotatable bonds is 6. The maximum Gasteiger partial charge on any atom is 0.223 e. The standard InChI is InChI=1S/C19H26N2O2/c1-23-18-7-3-2-5-17(18)6-4-11-20-12-10-19(22)21(14-13-20)15-16-8-9-16/h2-7,16H,8-15H2,1H3/b6-4+. The molecule has 1 aliphatic carbocycles. The third-order valence-corrected chi connectivity index (χ3v) is 4.66. The van der Waals surface area contributed by atoms with E-state index in [2.05, 4.69) is 28.0 Å². The van der Waals surface area contributed by atoms with Gasteiger partial charge in [0.1, 0.15) is 5.75 Å².